The number of hydrogen-bond acceptors (Lipinski definition) is 5. The van der Waals surface area contributed by atoms with Crippen LogP contribution in [0, 0.1) is 0 Å². The van der Waals surface area contributed by atoms with Gasteiger partial charge in [0.25, 0.3) is 0 Å². The van der Waals surface area contributed by atoms with Gasteiger partial charge < -0.3 is 9.47 Å². The van der Waals surface area contributed by atoms with Crippen LogP contribution in [0.5, 0.6) is 11.5 Å². The molecule has 2 N–H and O–H groups in total. The number of aromatic amines is 1. The minimum absolute atomic E-state index is 0.0483. The number of nitrogens with one attached hydrogen (secondary N) is 2. The Morgan fingerprint density at radius 1 is 1.24 bits per heavy atom. The molecule has 0 aliphatic carbocycles. The molecule has 136 valence electrons. The molecular weight excluding hydrogens is 341 g/mol. The van der Waals surface area contributed by atoms with Gasteiger partial charge >= 0.3 is 6.18 Å². The highest BCUT2D eigenvalue weighted by Gasteiger charge is 2.35. The van der Waals surface area contributed by atoms with Crippen LogP contribution < -0.4 is 14.8 Å². The first-order valence-corrected chi connectivity index (χ1v) is 7.54. The molecule has 1 aromatic heterocycles. The molecule has 1 amide bonds. The number of hydrogen-bond donors (Lipinski definition) is 2. The molecule has 0 saturated heterocycles. The number of amides is 1. The van der Waals surface area contributed by atoms with Crippen molar-refractivity contribution < 1.29 is 27.4 Å². The Morgan fingerprint density at radius 2 is 1.92 bits per heavy atom. The number of benzene rings is 1. The quantitative estimate of drug-likeness (QED) is 0.708. The Morgan fingerprint density at radius 3 is 2.52 bits per heavy atom. The summed E-state index contributed by atoms with van der Waals surface area (Å²) in [4.78, 5) is 14.8. The Labute approximate surface area is 141 Å². The summed E-state index contributed by atoms with van der Waals surface area (Å²) in [6.07, 6.45) is -4.23. The monoisotopic (exact) mass is 358 g/mol. The van der Waals surface area contributed by atoms with E-state index in [-0.39, 0.29) is 13.0 Å². The number of alkyl halides is 3. The van der Waals surface area contributed by atoms with Crippen LogP contribution >= 0.6 is 0 Å². The molecule has 0 saturated carbocycles. The van der Waals surface area contributed by atoms with Gasteiger partial charge in [0.15, 0.2) is 11.5 Å². The smallest absolute Gasteiger partial charge is 0.451 e. The van der Waals surface area contributed by atoms with Gasteiger partial charge in [-0.25, -0.2) is 0 Å². The Bertz CT molecular complexity index is 703. The minimum Gasteiger partial charge on any atom is -0.490 e. The second-order valence-corrected chi connectivity index (χ2v) is 4.89. The summed E-state index contributed by atoms with van der Waals surface area (Å²) >= 11 is 0. The highest BCUT2D eigenvalue weighted by atomic mass is 19.4. The molecule has 2 aromatic rings. The summed E-state index contributed by atoms with van der Waals surface area (Å²) in [6, 6.07) is 7.13. The number of nitrogens with zero attached hydrogens (tertiary/aromatic N) is 2. The zero-order chi connectivity index (χ0) is 18.3. The second kappa shape index (κ2) is 8.36. The van der Waals surface area contributed by atoms with E-state index < -0.39 is 23.9 Å². The Balaban J connectivity index is 1.75. The summed E-state index contributed by atoms with van der Waals surface area (Å²) in [7, 11) is 0. The van der Waals surface area contributed by atoms with Crippen LogP contribution in [-0.2, 0) is 11.0 Å². The van der Waals surface area contributed by atoms with E-state index in [1.807, 2.05) is 13.0 Å². The number of carbonyl (C=O) groups excluding carboxylic acids is 1. The number of rotatable bonds is 8. The maximum Gasteiger partial charge on any atom is 0.451 e. The van der Waals surface area contributed by atoms with Crippen molar-refractivity contribution >= 4 is 11.9 Å². The number of para-hydroxylation sites is 2. The van der Waals surface area contributed by atoms with Crippen molar-refractivity contribution in [2.45, 2.75) is 25.9 Å². The van der Waals surface area contributed by atoms with Crippen LogP contribution in [0.3, 0.4) is 0 Å². The highest BCUT2D eigenvalue weighted by molar-refractivity contribution is 5.88. The van der Waals surface area contributed by atoms with E-state index in [9.17, 15) is 18.0 Å². The highest BCUT2D eigenvalue weighted by Crippen LogP contribution is 2.27. The molecule has 0 unspecified atom stereocenters. The molecular formula is C15H17F3N4O3. The summed E-state index contributed by atoms with van der Waals surface area (Å²) < 4.78 is 48.0. The first-order valence-electron chi connectivity index (χ1n) is 7.54. The number of H-pyrrole nitrogens is 1. The molecule has 0 aliphatic rings. The van der Waals surface area contributed by atoms with E-state index >= 15 is 0 Å². The molecule has 0 aliphatic heterocycles. The topological polar surface area (TPSA) is 89.1 Å². The van der Waals surface area contributed by atoms with E-state index in [1.165, 1.54) is 0 Å². The van der Waals surface area contributed by atoms with Gasteiger partial charge in [0.05, 0.1) is 13.2 Å². The van der Waals surface area contributed by atoms with Gasteiger partial charge in [-0.3, -0.25) is 15.2 Å². The Kier molecular flexibility index (Phi) is 6.20. The predicted molar refractivity (Wildman–Crippen MR) is 82.4 cm³/mol. The van der Waals surface area contributed by atoms with Crippen molar-refractivity contribution in [1.82, 2.24) is 15.2 Å². The first-order chi connectivity index (χ1) is 11.9. The molecule has 1 aromatic carbocycles. The SMILES string of the molecule is CCOc1ccccc1OCCCC(=O)Nc1n[nH]c(C(F)(F)F)n1. The third-order valence-corrected chi connectivity index (χ3v) is 2.96. The first kappa shape index (κ1) is 18.6. The van der Waals surface area contributed by atoms with Gasteiger partial charge in [-0.05, 0) is 25.5 Å². The standard InChI is InChI=1S/C15H17F3N4O3/c1-2-24-10-6-3-4-7-11(10)25-9-5-8-12(23)19-14-20-13(21-22-14)15(16,17)18/h3-4,6-7H,2,5,8-9H2,1H3,(H2,19,20,21,22,23). The van der Waals surface area contributed by atoms with E-state index in [1.54, 1.807) is 23.3 Å². The summed E-state index contributed by atoms with van der Waals surface area (Å²) in [5.74, 6) is -1.02. The fourth-order valence-corrected chi connectivity index (χ4v) is 1.89. The predicted octanol–water partition coefficient (Wildman–Crippen LogP) is 3.02. The van der Waals surface area contributed by atoms with Gasteiger partial charge in [-0.1, -0.05) is 12.1 Å². The summed E-state index contributed by atoms with van der Waals surface area (Å²) in [6.45, 7) is 2.60. The van der Waals surface area contributed by atoms with E-state index in [0.29, 0.717) is 24.5 Å². The van der Waals surface area contributed by atoms with Crippen LogP contribution in [0.15, 0.2) is 24.3 Å². The number of halogens is 3. The van der Waals surface area contributed by atoms with E-state index in [0.717, 1.165) is 0 Å². The van der Waals surface area contributed by atoms with Crippen molar-refractivity contribution in [3.05, 3.63) is 30.1 Å². The number of aromatic nitrogens is 3. The van der Waals surface area contributed by atoms with Crippen LogP contribution in [0.1, 0.15) is 25.6 Å². The van der Waals surface area contributed by atoms with E-state index in [4.69, 9.17) is 9.47 Å². The largest absolute Gasteiger partial charge is 0.490 e. The summed E-state index contributed by atoms with van der Waals surface area (Å²) in [5.41, 5.74) is 0. The molecule has 7 nitrogen and oxygen atoms in total. The minimum atomic E-state index is -4.64. The molecule has 0 spiro atoms. The molecule has 2 rings (SSSR count). The number of carbonyl (C=O) groups is 1. The van der Waals surface area contributed by atoms with Crippen LogP contribution in [0.2, 0.25) is 0 Å². The lowest BCUT2D eigenvalue weighted by Gasteiger charge is -2.11. The van der Waals surface area contributed by atoms with Crippen LogP contribution in [0.25, 0.3) is 0 Å². The molecule has 0 bridgehead atoms. The maximum absolute atomic E-state index is 12.4. The van der Waals surface area contributed by atoms with Gasteiger partial charge in [0, 0.05) is 6.42 Å². The van der Waals surface area contributed by atoms with Crippen molar-refractivity contribution in [3.63, 3.8) is 0 Å². The Hall–Kier alpha value is -2.78. The lowest BCUT2D eigenvalue weighted by molar-refractivity contribution is -0.144. The van der Waals surface area contributed by atoms with Crippen molar-refractivity contribution in [1.29, 1.82) is 0 Å². The fourth-order valence-electron chi connectivity index (χ4n) is 1.89. The maximum atomic E-state index is 12.4. The molecule has 0 radical (unpaired) electrons. The zero-order valence-corrected chi connectivity index (χ0v) is 13.4. The van der Waals surface area contributed by atoms with Crippen molar-refractivity contribution in [3.8, 4) is 11.5 Å². The van der Waals surface area contributed by atoms with Crippen molar-refractivity contribution in [2.75, 3.05) is 18.5 Å². The third kappa shape index (κ3) is 5.66. The normalized spacial score (nSPS) is 11.2. The average Bonchev–Trinajstić information content (AvgIpc) is 3.02. The fraction of sp³-hybridized carbons (Fsp3) is 0.400. The number of anilines is 1. The molecule has 0 atom stereocenters. The lowest BCUT2D eigenvalue weighted by Crippen LogP contribution is -2.14. The summed E-state index contributed by atoms with van der Waals surface area (Å²) in [5, 5.41) is 7.21. The second-order valence-electron chi connectivity index (χ2n) is 4.89. The van der Waals surface area contributed by atoms with Crippen LogP contribution in [0.4, 0.5) is 19.1 Å². The van der Waals surface area contributed by atoms with Gasteiger partial charge in [0.2, 0.25) is 17.7 Å². The van der Waals surface area contributed by atoms with Gasteiger partial charge in [0.1, 0.15) is 0 Å². The third-order valence-electron chi connectivity index (χ3n) is 2.96. The average molecular weight is 358 g/mol. The molecule has 10 heteroatoms. The zero-order valence-electron chi connectivity index (χ0n) is 13.4. The van der Waals surface area contributed by atoms with Crippen molar-refractivity contribution in [2.24, 2.45) is 0 Å². The molecule has 1 heterocycles. The number of ether oxygens (including phenoxy) is 2. The molecule has 25 heavy (non-hydrogen) atoms. The van der Waals surface area contributed by atoms with Gasteiger partial charge in [-0.2, -0.15) is 18.2 Å². The van der Waals surface area contributed by atoms with Crippen LogP contribution in [-0.4, -0.2) is 34.3 Å². The van der Waals surface area contributed by atoms with E-state index in [2.05, 4.69) is 15.4 Å². The van der Waals surface area contributed by atoms with Gasteiger partial charge in [-0.15, -0.1) is 5.10 Å². The molecule has 0 fully saturated rings. The lowest BCUT2D eigenvalue weighted by atomic mass is 10.3.